The van der Waals surface area contributed by atoms with Gasteiger partial charge >= 0.3 is 5.97 Å². The summed E-state index contributed by atoms with van der Waals surface area (Å²) in [6.45, 7) is 2.44. The normalized spacial score (nSPS) is 23.4. The molecule has 1 saturated heterocycles. The van der Waals surface area contributed by atoms with E-state index in [1.165, 1.54) is 24.8 Å². The fourth-order valence-corrected chi connectivity index (χ4v) is 4.28. The first-order valence-electron chi connectivity index (χ1n) is 8.21. The van der Waals surface area contributed by atoms with E-state index < -0.39 is 5.97 Å². The molecule has 1 atom stereocenters. The van der Waals surface area contributed by atoms with Crippen molar-refractivity contribution in [1.29, 1.82) is 0 Å². The molecule has 23 heavy (non-hydrogen) atoms. The summed E-state index contributed by atoms with van der Waals surface area (Å²) in [5, 5.41) is 9.64. The Hall–Kier alpha value is -1.26. The Labute approximate surface area is 144 Å². The maximum atomic E-state index is 11.7. The van der Waals surface area contributed by atoms with Gasteiger partial charge in [-0.15, -0.1) is 12.4 Å². The van der Waals surface area contributed by atoms with Crippen molar-refractivity contribution in [2.45, 2.75) is 38.6 Å². The van der Waals surface area contributed by atoms with Gasteiger partial charge in [-0.2, -0.15) is 0 Å². The third-order valence-electron chi connectivity index (χ3n) is 5.43. The Morgan fingerprint density at radius 1 is 1.26 bits per heavy atom. The monoisotopic (exact) mass is 339 g/mol. The van der Waals surface area contributed by atoms with Crippen molar-refractivity contribution in [1.82, 2.24) is 4.90 Å². The minimum Gasteiger partial charge on any atom is -0.497 e. The minimum absolute atomic E-state index is 0. The van der Waals surface area contributed by atoms with Crippen LogP contribution in [0.1, 0.15) is 37.7 Å². The molecule has 1 unspecified atom stereocenters. The Kier molecular flexibility index (Phi) is 5.93. The number of benzene rings is 1. The lowest BCUT2D eigenvalue weighted by atomic mass is 9.68. The predicted octanol–water partition coefficient (Wildman–Crippen LogP) is 3.58. The highest BCUT2D eigenvalue weighted by Gasteiger charge is 2.50. The van der Waals surface area contributed by atoms with Crippen molar-refractivity contribution in [2.75, 3.05) is 20.2 Å². The highest BCUT2D eigenvalue weighted by Crippen LogP contribution is 2.47. The summed E-state index contributed by atoms with van der Waals surface area (Å²) in [6.07, 6.45) is 5.76. The van der Waals surface area contributed by atoms with E-state index in [1.54, 1.807) is 7.11 Å². The summed E-state index contributed by atoms with van der Waals surface area (Å²) in [7, 11) is 1.67. The van der Waals surface area contributed by atoms with Crippen LogP contribution in [0.25, 0.3) is 0 Å². The van der Waals surface area contributed by atoms with E-state index in [4.69, 9.17) is 4.74 Å². The highest BCUT2D eigenvalue weighted by atomic mass is 35.5. The summed E-state index contributed by atoms with van der Waals surface area (Å²) in [6, 6.07) is 8.08. The molecule has 1 aromatic carbocycles. The topological polar surface area (TPSA) is 49.8 Å². The SMILES string of the molecule is COc1ccc(CN2CC(C(=O)O)C3(CCCCC3)C2)cc1.Cl. The number of halogens is 1. The number of aliphatic carboxylic acids is 1. The molecule has 1 saturated carbocycles. The van der Waals surface area contributed by atoms with E-state index in [-0.39, 0.29) is 23.7 Å². The van der Waals surface area contributed by atoms with Gasteiger partial charge in [-0.1, -0.05) is 31.4 Å². The van der Waals surface area contributed by atoms with Gasteiger partial charge in [0.05, 0.1) is 13.0 Å². The van der Waals surface area contributed by atoms with Crippen molar-refractivity contribution in [3.05, 3.63) is 29.8 Å². The van der Waals surface area contributed by atoms with Crippen LogP contribution in [0.4, 0.5) is 0 Å². The van der Waals surface area contributed by atoms with E-state index in [9.17, 15) is 9.90 Å². The zero-order valence-corrected chi connectivity index (χ0v) is 14.5. The number of carboxylic acids is 1. The molecule has 1 aliphatic carbocycles. The van der Waals surface area contributed by atoms with Crippen LogP contribution in [-0.2, 0) is 11.3 Å². The molecule has 1 aromatic rings. The number of hydrogen-bond donors (Lipinski definition) is 1. The standard InChI is InChI=1S/C18H25NO3.ClH/c1-22-15-7-5-14(6-8-15)11-19-12-16(17(20)21)18(13-19)9-3-2-4-10-18;/h5-8,16H,2-4,9-13H2,1H3,(H,20,21);1H. The van der Waals surface area contributed by atoms with Crippen molar-refractivity contribution >= 4 is 18.4 Å². The van der Waals surface area contributed by atoms with E-state index in [0.29, 0.717) is 6.54 Å². The molecule has 1 N–H and O–H groups in total. The van der Waals surface area contributed by atoms with Crippen molar-refractivity contribution in [3.8, 4) is 5.75 Å². The van der Waals surface area contributed by atoms with Gasteiger partial charge in [-0.3, -0.25) is 9.69 Å². The third-order valence-corrected chi connectivity index (χ3v) is 5.43. The quantitative estimate of drug-likeness (QED) is 0.910. The maximum Gasteiger partial charge on any atom is 0.308 e. The van der Waals surface area contributed by atoms with E-state index in [2.05, 4.69) is 17.0 Å². The fraction of sp³-hybridized carbons (Fsp3) is 0.611. The molecule has 0 aromatic heterocycles. The zero-order valence-electron chi connectivity index (χ0n) is 13.7. The number of carbonyl (C=O) groups is 1. The van der Waals surface area contributed by atoms with Gasteiger partial charge in [0.15, 0.2) is 0 Å². The average Bonchev–Trinajstić information content (AvgIpc) is 2.86. The molecule has 1 aliphatic heterocycles. The van der Waals surface area contributed by atoms with Gasteiger partial charge in [-0.05, 0) is 36.0 Å². The van der Waals surface area contributed by atoms with Crippen LogP contribution in [-0.4, -0.2) is 36.2 Å². The first-order valence-corrected chi connectivity index (χ1v) is 8.21. The molecule has 0 bridgehead atoms. The van der Waals surface area contributed by atoms with Crippen LogP contribution < -0.4 is 4.74 Å². The molecule has 3 rings (SSSR count). The molecule has 128 valence electrons. The molecule has 5 heteroatoms. The van der Waals surface area contributed by atoms with Crippen LogP contribution in [0, 0.1) is 11.3 Å². The fourth-order valence-electron chi connectivity index (χ4n) is 4.28. The number of carboxylic acid groups (broad SMARTS) is 1. The van der Waals surface area contributed by atoms with Gasteiger partial charge < -0.3 is 9.84 Å². The third kappa shape index (κ3) is 3.81. The second-order valence-corrected chi connectivity index (χ2v) is 6.83. The smallest absolute Gasteiger partial charge is 0.308 e. The molecule has 2 aliphatic rings. The maximum absolute atomic E-state index is 11.7. The van der Waals surface area contributed by atoms with Crippen LogP contribution >= 0.6 is 12.4 Å². The van der Waals surface area contributed by atoms with Gasteiger partial charge in [0, 0.05) is 19.6 Å². The zero-order chi connectivity index (χ0) is 15.6. The Morgan fingerprint density at radius 3 is 2.48 bits per heavy atom. The molecule has 0 amide bonds. The molecule has 1 spiro atoms. The van der Waals surface area contributed by atoms with Crippen molar-refractivity contribution in [2.24, 2.45) is 11.3 Å². The molecule has 1 heterocycles. The first-order chi connectivity index (χ1) is 10.6. The number of ether oxygens (including phenoxy) is 1. The van der Waals surface area contributed by atoms with E-state index in [1.807, 2.05) is 12.1 Å². The van der Waals surface area contributed by atoms with E-state index >= 15 is 0 Å². The van der Waals surface area contributed by atoms with Crippen LogP contribution in [0.3, 0.4) is 0 Å². The number of rotatable bonds is 4. The largest absolute Gasteiger partial charge is 0.497 e. The molecule has 2 fully saturated rings. The Balaban J connectivity index is 0.00000192. The second-order valence-electron chi connectivity index (χ2n) is 6.83. The predicted molar refractivity (Wildman–Crippen MR) is 92.2 cm³/mol. The summed E-state index contributed by atoms with van der Waals surface area (Å²) in [5.74, 6) is 0.0440. The van der Waals surface area contributed by atoms with Crippen LogP contribution in [0.5, 0.6) is 5.75 Å². The minimum atomic E-state index is -0.612. The summed E-state index contributed by atoms with van der Waals surface area (Å²) >= 11 is 0. The average molecular weight is 340 g/mol. The van der Waals surface area contributed by atoms with E-state index in [0.717, 1.165) is 31.7 Å². The Morgan fingerprint density at radius 2 is 1.91 bits per heavy atom. The number of methoxy groups -OCH3 is 1. The summed E-state index contributed by atoms with van der Waals surface area (Å²) < 4.78 is 5.19. The summed E-state index contributed by atoms with van der Waals surface area (Å²) in [5.41, 5.74) is 1.23. The number of nitrogens with zero attached hydrogens (tertiary/aromatic N) is 1. The van der Waals surface area contributed by atoms with Crippen molar-refractivity contribution < 1.29 is 14.6 Å². The van der Waals surface area contributed by atoms with Gasteiger partial charge in [0.25, 0.3) is 0 Å². The van der Waals surface area contributed by atoms with Gasteiger partial charge in [0.2, 0.25) is 0 Å². The number of likely N-dealkylation sites (tertiary alicyclic amines) is 1. The van der Waals surface area contributed by atoms with Gasteiger partial charge in [0.1, 0.15) is 5.75 Å². The second kappa shape index (κ2) is 7.54. The molecular formula is C18H26ClNO3. The Bertz CT molecular complexity index is 526. The lowest BCUT2D eigenvalue weighted by molar-refractivity contribution is -0.145. The van der Waals surface area contributed by atoms with Crippen LogP contribution in [0.2, 0.25) is 0 Å². The van der Waals surface area contributed by atoms with Gasteiger partial charge in [-0.25, -0.2) is 0 Å². The molecular weight excluding hydrogens is 314 g/mol. The lowest BCUT2D eigenvalue weighted by Crippen LogP contribution is -2.36. The lowest BCUT2D eigenvalue weighted by Gasteiger charge is -2.36. The highest BCUT2D eigenvalue weighted by molar-refractivity contribution is 5.85. The number of hydrogen-bond acceptors (Lipinski definition) is 3. The van der Waals surface area contributed by atoms with Crippen molar-refractivity contribution in [3.63, 3.8) is 0 Å². The first kappa shape index (κ1) is 18.1. The summed E-state index contributed by atoms with van der Waals surface area (Å²) in [4.78, 5) is 14.0. The van der Waals surface area contributed by atoms with Crippen LogP contribution in [0.15, 0.2) is 24.3 Å². The molecule has 0 radical (unpaired) electrons. The molecule has 4 nitrogen and oxygen atoms in total.